The number of hydrogen-bond acceptors (Lipinski definition) is 2. The fourth-order valence-electron chi connectivity index (χ4n) is 3.57. The van der Waals surface area contributed by atoms with Crippen LogP contribution < -0.4 is 16.2 Å². The van der Waals surface area contributed by atoms with E-state index in [2.05, 4.69) is 10.6 Å². The zero-order valence-corrected chi connectivity index (χ0v) is 15.0. The van der Waals surface area contributed by atoms with Crippen molar-refractivity contribution < 1.29 is 4.79 Å². The molecule has 4 rings (SSSR count). The van der Waals surface area contributed by atoms with Crippen molar-refractivity contribution in [1.29, 1.82) is 0 Å². The van der Waals surface area contributed by atoms with Crippen molar-refractivity contribution in [2.75, 3.05) is 5.32 Å². The number of anilines is 1. The lowest BCUT2D eigenvalue weighted by Crippen LogP contribution is -2.31. The Balaban J connectivity index is 1.56. The highest BCUT2D eigenvalue weighted by Crippen LogP contribution is 2.33. The molecule has 1 atom stereocenters. The molecule has 2 N–H and O–H groups in total. The first-order valence-corrected chi connectivity index (χ1v) is 8.85. The van der Waals surface area contributed by atoms with Gasteiger partial charge in [0.15, 0.2) is 0 Å². The largest absolute Gasteiger partial charge is 0.331 e. The Morgan fingerprint density at radius 3 is 2.88 bits per heavy atom. The number of rotatable bonds is 2. The summed E-state index contributed by atoms with van der Waals surface area (Å²) in [4.78, 5) is 24.3. The number of nitrogens with zero attached hydrogens (tertiary/aromatic N) is 1. The van der Waals surface area contributed by atoms with E-state index in [-0.39, 0.29) is 17.6 Å². The van der Waals surface area contributed by atoms with Crippen LogP contribution in [-0.2, 0) is 13.5 Å². The fraction of sp³-hybridized carbons (Fsp3) is 0.200. The first-order valence-electron chi connectivity index (χ1n) is 8.47. The number of amides is 2. The van der Waals surface area contributed by atoms with E-state index in [1.165, 1.54) is 11.6 Å². The second kappa shape index (κ2) is 6.50. The van der Waals surface area contributed by atoms with Crippen LogP contribution >= 0.6 is 11.6 Å². The zero-order chi connectivity index (χ0) is 18.3. The van der Waals surface area contributed by atoms with Crippen LogP contribution in [0.15, 0.2) is 53.3 Å². The minimum Gasteiger partial charge on any atom is -0.331 e. The van der Waals surface area contributed by atoms with Crippen molar-refractivity contribution in [3.8, 4) is 0 Å². The Kier molecular flexibility index (Phi) is 4.17. The molecular weight excluding hydrogens is 350 g/mol. The lowest BCUT2D eigenvalue weighted by molar-refractivity contribution is 0.248. The Morgan fingerprint density at radius 1 is 1.19 bits per heavy atom. The molecule has 0 spiro atoms. The molecule has 0 saturated carbocycles. The molecular formula is C20H18ClN3O2. The Morgan fingerprint density at radius 2 is 2.04 bits per heavy atom. The maximum atomic E-state index is 12.5. The standard InChI is InChI=1S/C20H18ClN3O2/c1-24-18-4-2-3-16(15(18)8-10-19(24)25)22-20(26)23-17-9-5-12-11-13(21)6-7-14(12)17/h2-4,6-8,10-11,17H,5,9H2,1H3,(H2,22,23,26)/t17-/m1/s1. The molecule has 6 heteroatoms. The van der Waals surface area contributed by atoms with Gasteiger partial charge >= 0.3 is 6.03 Å². The number of fused-ring (bicyclic) bond motifs is 2. The molecule has 0 aliphatic heterocycles. The van der Waals surface area contributed by atoms with E-state index in [0.29, 0.717) is 5.69 Å². The van der Waals surface area contributed by atoms with Gasteiger partial charge in [-0.2, -0.15) is 0 Å². The molecule has 0 fully saturated rings. The predicted octanol–water partition coefficient (Wildman–Crippen LogP) is 4.00. The van der Waals surface area contributed by atoms with E-state index in [4.69, 9.17) is 11.6 Å². The molecule has 0 radical (unpaired) electrons. The summed E-state index contributed by atoms with van der Waals surface area (Å²) in [5.74, 6) is 0. The van der Waals surface area contributed by atoms with Crippen molar-refractivity contribution in [3.05, 3.63) is 75.0 Å². The lowest BCUT2D eigenvalue weighted by Gasteiger charge is -2.16. The average molecular weight is 368 g/mol. The minimum absolute atomic E-state index is 0.0263. The molecule has 0 bridgehead atoms. The molecule has 0 saturated heterocycles. The summed E-state index contributed by atoms with van der Waals surface area (Å²) in [5.41, 5.74) is 3.66. The summed E-state index contributed by atoms with van der Waals surface area (Å²) in [6.45, 7) is 0. The van der Waals surface area contributed by atoms with E-state index in [0.717, 1.165) is 34.3 Å². The molecule has 1 aliphatic carbocycles. The molecule has 2 amide bonds. The molecule has 3 aromatic rings. The number of nitrogens with one attached hydrogen (secondary N) is 2. The number of halogens is 1. The van der Waals surface area contributed by atoms with Crippen molar-refractivity contribution in [2.45, 2.75) is 18.9 Å². The highest BCUT2D eigenvalue weighted by Gasteiger charge is 2.24. The number of carbonyl (C=O) groups excluding carboxylic acids is 1. The Labute approximate surface area is 155 Å². The molecule has 1 aliphatic rings. The van der Waals surface area contributed by atoms with Gasteiger partial charge in [0.2, 0.25) is 0 Å². The van der Waals surface area contributed by atoms with Crippen LogP contribution in [0.4, 0.5) is 10.5 Å². The van der Waals surface area contributed by atoms with Gasteiger partial charge in [-0.05, 0) is 54.3 Å². The summed E-state index contributed by atoms with van der Waals surface area (Å²) in [5, 5.41) is 7.48. The van der Waals surface area contributed by atoms with Crippen molar-refractivity contribution in [3.63, 3.8) is 0 Å². The SMILES string of the molecule is Cn1c(=O)ccc2c(NC(=O)N[C@@H]3CCc4cc(Cl)ccc43)cccc21. The quantitative estimate of drug-likeness (QED) is 0.719. The van der Waals surface area contributed by atoms with Gasteiger partial charge in [0.05, 0.1) is 17.2 Å². The monoisotopic (exact) mass is 367 g/mol. The van der Waals surface area contributed by atoms with Crippen LogP contribution in [0.3, 0.4) is 0 Å². The van der Waals surface area contributed by atoms with Gasteiger partial charge in [-0.15, -0.1) is 0 Å². The third-order valence-electron chi connectivity index (χ3n) is 4.90. The van der Waals surface area contributed by atoms with Gasteiger partial charge in [0.25, 0.3) is 5.56 Å². The topological polar surface area (TPSA) is 63.1 Å². The van der Waals surface area contributed by atoms with Gasteiger partial charge < -0.3 is 15.2 Å². The number of hydrogen-bond donors (Lipinski definition) is 2. The summed E-state index contributed by atoms with van der Waals surface area (Å²) in [6, 6.07) is 14.2. The zero-order valence-electron chi connectivity index (χ0n) is 14.3. The second-order valence-electron chi connectivity index (χ2n) is 6.50. The van der Waals surface area contributed by atoms with E-state index < -0.39 is 0 Å². The lowest BCUT2D eigenvalue weighted by atomic mass is 10.1. The van der Waals surface area contributed by atoms with Crippen LogP contribution in [0.25, 0.3) is 10.9 Å². The maximum Gasteiger partial charge on any atom is 0.319 e. The maximum absolute atomic E-state index is 12.5. The summed E-state index contributed by atoms with van der Waals surface area (Å²) in [7, 11) is 1.72. The first kappa shape index (κ1) is 16.7. The highest BCUT2D eigenvalue weighted by molar-refractivity contribution is 6.30. The number of urea groups is 1. The van der Waals surface area contributed by atoms with Gasteiger partial charge in [0.1, 0.15) is 0 Å². The van der Waals surface area contributed by atoms with Crippen molar-refractivity contribution >= 4 is 34.2 Å². The van der Waals surface area contributed by atoms with Gasteiger partial charge in [-0.3, -0.25) is 4.79 Å². The van der Waals surface area contributed by atoms with Crippen LogP contribution in [0, 0.1) is 0 Å². The highest BCUT2D eigenvalue weighted by atomic mass is 35.5. The van der Waals surface area contributed by atoms with Gasteiger partial charge in [0, 0.05) is 23.5 Å². The van der Waals surface area contributed by atoms with E-state index >= 15 is 0 Å². The third kappa shape index (κ3) is 2.95. The second-order valence-corrected chi connectivity index (χ2v) is 6.94. The van der Waals surface area contributed by atoms with Crippen molar-refractivity contribution in [2.24, 2.45) is 7.05 Å². The van der Waals surface area contributed by atoms with Crippen LogP contribution in [0.2, 0.25) is 5.02 Å². The number of aromatic nitrogens is 1. The number of pyridine rings is 1. The Bertz CT molecular complexity index is 1070. The smallest absolute Gasteiger partial charge is 0.319 e. The molecule has 26 heavy (non-hydrogen) atoms. The van der Waals surface area contributed by atoms with Crippen LogP contribution in [0.5, 0.6) is 0 Å². The van der Waals surface area contributed by atoms with Gasteiger partial charge in [-0.25, -0.2) is 4.79 Å². The molecule has 1 aromatic heterocycles. The van der Waals surface area contributed by atoms with Crippen molar-refractivity contribution in [1.82, 2.24) is 9.88 Å². The summed E-state index contributed by atoms with van der Waals surface area (Å²) >= 11 is 6.04. The normalized spacial score (nSPS) is 15.7. The fourth-order valence-corrected chi connectivity index (χ4v) is 3.76. The predicted molar refractivity (Wildman–Crippen MR) is 104 cm³/mol. The van der Waals surface area contributed by atoms with Crippen LogP contribution in [0.1, 0.15) is 23.6 Å². The molecule has 1 heterocycles. The van der Waals surface area contributed by atoms with E-state index in [9.17, 15) is 9.59 Å². The minimum atomic E-state index is -0.265. The summed E-state index contributed by atoms with van der Waals surface area (Å²) < 4.78 is 1.56. The molecule has 2 aromatic carbocycles. The molecule has 132 valence electrons. The first-order chi connectivity index (χ1) is 12.5. The number of benzene rings is 2. The number of aryl methyl sites for hydroxylation is 2. The van der Waals surface area contributed by atoms with E-state index in [1.54, 1.807) is 17.7 Å². The third-order valence-corrected chi connectivity index (χ3v) is 5.14. The summed E-state index contributed by atoms with van der Waals surface area (Å²) in [6.07, 6.45) is 1.75. The molecule has 0 unspecified atom stereocenters. The van der Waals surface area contributed by atoms with Crippen LogP contribution in [-0.4, -0.2) is 10.6 Å². The average Bonchev–Trinajstić information content (AvgIpc) is 3.00. The molecule has 5 nitrogen and oxygen atoms in total. The van der Waals surface area contributed by atoms with Gasteiger partial charge in [-0.1, -0.05) is 23.7 Å². The number of carbonyl (C=O) groups is 1. The Hall–Kier alpha value is -2.79. The van der Waals surface area contributed by atoms with E-state index in [1.807, 2.05) is 36.4 Å².